The molecule has 0 spiro atoms. The molecule has 4 amide bonds. The number of likely N-dealkylation sites (tertiary alicyclic amines) is 1. The Hall–Kier alpha value is -4.47. The summed E-state index contributed by atoms with van der Waals surface area (Å²) in [5.74, 6) is -0.357. The maximum absolute atomic E-state index is 13.6. The van der Waals surface area contributed by atoms with Crippen LogP contribution >= 0.6 is 0 Å². The normalized spacial score (nSPS) is 20.9. The van der Waals surface area contributed by atoms with Crippen molar-refractivity contribution in [3.63, 3.8) is 0 Å². The van der Waals surface area contributed by atoms with Crippen LogP contribution in [0.4, 0.5) is 0 Å². The highest BCUT2D eigenvalue weighted by Crippen LogP contribution is 2.31. The van der Waals surface area contributed by atoms with E-state index in [1.165, 1.54) is 4.90 Å². The van der Waals surface area contributed by atoms with Crippen LogP contribution in [0.15, 0.2) is 54.7 Å². The van der Waals surface area contributed by atoms with E-state index in [4.69, 9.17) is 4.74 Å². The Morgan fingerprint density at radius 2 is 1.95 bits per heavy atom. The number of benzene rings is 2. The third-order valence-corrected chi connectivity index (χ3v) is 7.94. The minimum Gasteiger partial charge on any atom is -0.491 e. The number of nitrogens with zero attached hydrogens (tertiary/aromatic N) is 4. The molecule has 0 radical (unpaired) electrons. The molecule has 0 aliphatic carbocycles. The Morgan fingerprint density at radius 3 is 2.75 bits per heavy atom. The molecular formula is C30H31N5O5. The number of ether oxygens (including phenoxy) is 1. The number of fused-ring (bicyclic) bond motifs is 1. The number of amides is 4. The summed E-state index contributed by atoms with van der Waals surface area (Å²) >= 11 is 0. The first-order valence-electron chi connectivity index (χ1n) is 13.7. The summed E-state index contributed by atoms with van der Waals surface area (Å²) in [6.07, 6.45) is 5.23. The molecule has 1 unspecified atom stereocenters. The number of imide groups is 1. The van der Waals surface area contributed by atoms with Gasteiger partial charge in [-0.1, -0.05) is 12.1 Å². The van der Waals surface area contributed by atoms with Crippen LogP contribution in [-0.2, 0) is 23.2 Å². The van der Waals surface area contributed by atoms with E-state index in [1.54, 1.807) is 16.8 Å². The molecule has 3 aliphatic rings. The van der Waals surface area contributed by atoms with Crippen LogP contribution in [0.1, 0.15) is 58.4 Å². The molecule has 0 saturated carbocycles. The molecule has 4 heterocycles. The van der Waals surface area contributed by atoms with Crippen molar-refractivity contribution in [3.8, 4) is 17.0 Å². The van der Waals surface area contributed by atoms with E-state index in [2.05, 4.69) is 10.4 Å². The lowest BCUT2D eigenvalue weighted by Gasteiger charge is -2.35. The van der Waals surface area contributed by atoms with E-state index in [0.29, 0.717) is 36.4 Å². The van der Waals surface area contributed by atoms with Crippen LogP contribution < -0.4 is 10.1 Å². The smallest absolute Gasteiger partial charge is 0.255 e. The summed E-state index contributed by atoms with van der Waals surface area (Å²) in [6, 6.07) is 14.1. The average molecular weight is 542 g/mol. The number of carbonyl (C=O) groups is 4. The maximum Gasteiger partial charge on any atom is 0.255 e. The second-order valence-corrected chi connectivity index (χ2v) is 10.6. The molecule has 1 aromatic heterocycles. The van der Waals surface area contributed by atoms with Crippen molar-refractivity contribution >= 4 is 23.6 Å². The molecule has 6 rings (SSSR count). The number of aromatic nitrogens is 2. The lowest BCUT2D eigenvalue weighted by molar-refractivity contribution is -0.136. The summed E-state index contributed by atoms with van der Waals surface area (Å²) < 4.78 is 7.91. The highest BCUT2D eigenvalue weighted by atomic mass is 16.5. The van der Waals surface area contributed by atoms with Crippen LogP contribution in [0.25, 0.3) is 11.3 Å². The minimum absolute atomic E-state index is 0.0227. The Morgan fingerprint density at radius 1 is 1.07 bits per heavy atom. The van der Waals surface area contributed by atoms with E-state index in [-0.39, 0.29) is 36.7 Å². The van der Waals surface area contributed by atoms with E-state index in [1.807, 2.05) is 54.5 Å². The molecule has 2 atom stereocenters. The number of hydrogen-bond donors (Lipinski definition) is 1. The summed E-state index contributed by atoms with van der Waals surface area (Å²) in [7, 11) is 1.87. The maximum atomic E-state index is 13.6. The second kappa shape index (κ2) is 10.6. The number of aryl methyl sites for hydroxylation is 1. The predicted molar refractivity (Wildman–Crippen MR) is 145 cm³/mol. The molecule has 1 N–H and O–H groups in total. The molecular weight excluding hydrogens is 510 g/mol. The zero-order chi connectivity index (χ0) is 27.8. The third-order valence-electron chi connectivity index (χ3n) is 7.94. The summed E-state index contributed by atoms with van der Waals surface area (Å²) in [4.78, 5) is 53.8. The van der Waals surface area contributed by atoms with Crippen LogP contribution in [-0.4, -0.2) is 68.4 Å². The van der Waals surface area contributed by atoms with Crippen LogP contribution in [0.2, 0.25) is 0 Å². The van der Waals surface area contributed by atoms with Gasteiger partial charge in [0.2, 0.25) is 11.8 Å². The number of nitrogens with one attached hydrogen (secondary N) is 1. The second-order valence-electron chi connectivity index (χ2n) is 10.6. The van der Waals surface area contributed by atoms with Gasteiger partial charge in [0.15, 0.2) is 0 Å². The van der Waals surface area contributed by atoms with Gasteiger partial charge in [0.05, 0.1) is 11.7 Å². The zero-order valence-electron chi connectivity index (χ0n) is 22.3. The standard InChI is InChI=1S/C30H31N5O5/c1-33-14-12-25(32-33)19-5-4-6-20(15-19)29(38)34-13-3-2-7-22(34)18-40-23-8-9-24-21(16-23)17-35(30(24)39)26-10-11-27(36)31-28(26)37/h4-6,8-9,12,14-16,22,26H,2-3,7,10-11,13,17-18H2,1H3,(H,31,36,37)/t22-,26?/m0/s1. The molecule has 2 saturated heterocycles. The molecule has 40 heavy (non-hydrogen) atoms. The Kier molecular flexibility index (Phi) is 6.83. The highest BCUT2D eigenvalue weighted by molar-refractivity contribution is 6.05. The monoisotopic (exact) mass is 541 g/mol. The van der Waals surface area contributed by atoms with Gasteiger partial charge in [-0.25, -0.2) is 0 Å². The Bertz CT molecular complexity index is 1500. The zero-order valence-corrected chi connectivity index (χ0v) is 22.3. The first-order valence-corrected chi connectivity index (χ1v) is 13.7. The van der Waals surface area contributed by atoms with E-state index in [9.17, 15) is 19.2 Å². The van der Waals surface area contributed by atoms with Crippen molar-refractivity contribution in [1.29, 1.82) is 0 Å². The SMILES string of the molecule is Cn1ccc(-c2cccc(C(=O)N3CCCC[C@H]3COc3ccc4c(c3)CN(C3CCC(=O)NC3=O)C4=O)c2)n1. The summed E-state index contributed by atoms with van der Waals surface area (Å²) in [6.45, 7) is 1.30. The molecule has 10 heteroatoms. The van der Waals surface area contributed by atoms with Gasteiger partial charge in [0.1, 0.15) is 18.4 Å². The average Bonchev–Trinajstić information content (AvgIpc) is 3.54. The van der Waals surface area contributed by atoms with Crippen molar-refractivity contribution in [2.24, 2.45) is 7.05 Å². The van der Waals surface area contributed by atoms with Crippen molar-refractivity contribution < 1.29 is 23.9 Å². The van der Waals surface area contributed by atoms with Gasteiger partial charge in [0, 0.05) is 49.4 Å². The van der Waals surface area contributed by atoms with Gasteiger partial charge in [-0.2, -0.15) is 5.10 Å². The van der Waals surface area contributed by atoms with Crippen LogP contribution in [0.5, 0.6) is 5.75 Å². The minimum atomic E-state index is -0.653. The van der Waals surface area contributed by atoms with E-state index >= 15 is 0 Å². The van der Waals surface area contributed by atoms with Gasteiger partial charge in [-0.05, 0) is 67.6 Å². The molecule has 206 valence electrons. The van der Waals surface area contributed by atoms with Gasteiger partial charge >= 0.3 is 0 Å². The van der Waals surface area contributed by atoms with Gasteiger partial charge in [0.25, 0.3) is 11.8 Å². The molecule has 2 aromatic carbocycles. The van der Waals surface area contributed by atoms with Crippen molar-refractivity contribution in [2.45, 2.75) is 50.7 Å². The van der Waals surface area contributed by atoms with Gasteiger partial charge < -0.3 is 14.5 Å². The molecule has 0 bridgehead atoms. The largest absolute Gasteiger partial charge is 0.491 e. The Balaban J connectivity index is 1.13. The number of hydrogen-bond acceptors (Lipinski definition) is 6. The quantitative estimate of drug-likeness (QED) is 0.480. The number of carbonyl (C=O) groups excluding carboxylic acids is 4. The fourth-order valence-corrected chi connectivity index (χ4v) is 5.82. The first-order chi connectivity index (χ1) is 19.4. The van der Waals surface area contributed by atoms with Crippen molar-refractivity contribution in [2.75, 3.05) is 13.2 Å². The molecule has 2 fully saturated rings. The van der Waals surface area contributed by atoms with Crippen LogP contribution in [0.3, 0.4) is 0 Å². The van der Waals surface area contributed by atoms with E-state index in [0.717, 1.165) is 36.1 Å². The predicted octanol–water partition coefficient (Wildman–Crippen LogP) is 2.92. The van der Waals surface area contributed by atoms with Crippen LogP contribution in [0, 0.1) is 0 Å². The third kappa shape index (κ3) is 4.97. The Labute approximate surface area is 231 Å². The van der Waals surface area contributed by atoms with Gasteiger partial charge in [-0.3, -0.25) is 29.2 Å². The highest BCUT2D eigenvalue weighted by Gasteiger charge is 2.39. The molecule has 3 aliphatic heterocycles. The van der Waals surface area contributed by atoms with Crippen molar-refractivity contribution in [3.05, 3.63) is 71.4 Å². The van der Waals surface area contributed by atoms with Gasteiger partial charge in [-0.15, -0.1) is 0 Å². The first kappa shape index (κ1) is 25.8. The summed E-state index contributed by atoms with van der Waals surface area (Å²) in [5.41, 5.74) is 3.67. The topological polar surface area (TPSA) is 114 Å². The summed E-state index contributed by atoms with van der Waals surface area (Å²) in [5, 5.41) is 6.78. The number of piperidine rings is 2. The number of rotatable bonds is 6. The van der Waals surface area contributed by atoms with Crippen molar-refractivity contribution in [1.82, 2.24) is 24.9 Å². The fourth-order valence-electron chi connectivity index (χ4n) is 5.82. The molecule has 3 aromatic rings. The van der Waals surface area contributed by atoms with E-state index < -0.39 is 11.9 Å². The molecule has 10 nitrogen and oxygen atoms in total. The fraction of sp³-hybridized carbons (Fsp3) is 0.367. The lowest BCUT2D eigenvalue weighted by Crippen LogP contribution is -2.52. The lowest BCUT2D eigenvalue weighted by atomic mass is 10.0.